The summed E-state index contributed by atoms with van der Waals surface area (Å²) in [6.07, 6.45) is -4.98. The van der Waals surface area contributed by atoms with Crippen LogP contribution in [0.3, 0.4) is 0 Å². The quantitative estimate of drug-likeness (QED) is 0.671. The molecule has 0 radical (unpaired) electrons. The molecule has 0 aliphatic heterocycles. The van der Waals surface area contributed by atoms with E-state index in [1.807, 2.05) is 12.1 Å². The lowest BCUT2D eigenvalue weighted by molar-refractivity contribution is -0.127. The zero-order valence-electron chi connectivity index (χ0n) is 11.0. The normalized spacial score (nSPS) is 12.9. The highest BCUT2D eigenvalue weighted by atomic mass is 19.4. The lowest BCUT2D eigenvalue weighted by atomic mass is 9.83. The van der Waals surface area contributed by atoms with Crippen LogP contribution < -0.4 is 0 Å². The smallest absolute Gasteiger partial charge is 0.171 e. The van der Waals surface area contributed by atoms with E-state index in [2.05, 4.69) is 20.8 Å². The van der Waals surface area contributed by atoms with Crippen molar-refractivity contribution >= 4 is 0 Å². The van der Waals surface area contributed by atoms with Crippen molar-refractivity contribution in [2.75, 3.05) is 0 Å². The van der Waals surface area contributed by atoms with Gasteiger partial charge in [-0.2, -0.15) is 13.2 Å². The third-order valence-corrected chi connectivity index (χ3v) is 2.94. The van der Waals surface area contributed by atoms with Crippen molar-refractivity contribution in [2.24, 2.45) is 0 Å². The average Bonchev–Trinajstić information content (AvgIpc) is 2.07. The predicted octanol–water partition coefficient (Wildman–Crippen LogP) is 4.71. The molecule has 96 valence electrons. The summed E-state index contributed by atoms with van der Waals surface area (Å²) in [5.74, 6) is 0. The number of aryl methyl sites for hydroxylation is 2. The van der Waals surface area contributed by atoms with Gasteiger partial charge in [0.25, 0.3) is 0 Å². The van der Waals surface area contributed by atoms with E-state index in [4.69, 9.17) is 0 Å². The standard InChI is InChI=1S/C14H19F3/c1-9-6-11(13(3,4)5)7-10(2)12(9)8-14(15,16)17/h6-7H,8H2,1-5H3. The molecule has 0 aliphatic rings. The topological polar surface area (TPSA) is 0 Å². The zero-order chi connectivity index (χ0) is 13.4. The molecule has 3 heteroatoms. The maximum absolute atomic E-state index is 12.4. The second kappa shape index (κ2) is 4.35. The Kier molecular flexibility index (Phi) is 3.60. The van der Waals surface area contributed by atoms with Gasteiger partial charge >= 0.3 is 6.18 Å². The fraction of sp³-hybridized carbons (Fsp3) is 0.571. The molecule has 0 aliphatic carbocycles. The fourth-order valence-electron chi connectivity index (χ4n) is 1.91. The Labute approximate surface area is 101 Å². The summed E-state index contributed by atoms with van der Waals surface area (Å²) in [6, 6.07) is 3.74. The minimum Gasteiger partial charge on any atom is -0.171 e. The largest absolute Gasteiger partial charge is 0.393 e. The summed E-state index contributed by atoms with van der Waals surface area (Å²) in [7, 11) is 0. The number of hydrogen-bond donors (Lipinski definition) is 0. The van der Waals surface area contributed by atoms with Gasteiger partial charge in [-0.3, -0.25) is 0 Å². The van der Waals surface area contributed by atoms with Crippen molar-refractivity contribution in [1.82, 2.24) is 0 Å². The molecular weight excluding hydrogens is 225 g/mol. The summed E-state index contributed by atoms with van der Waals surface area (Å²) in [5, 5.41) is 0. The highest BCUT2D eigenvalue weighted by Gasteiger charge is 2.29. The molecule has 1 aromatic rings. The SMILES string of the molecule is Cc1cc(C(C)(C)C)cc(C)c1CC(F)(F)F. The van der Waals surface area contributed by atoms with Gasteiger partial charge in [0.15, 0.2) is 0 Å². The minimum absolute atomic E-state index is 0.0354. The Morgan fingerprint density at radius 2 is 1.35 bits per heavy atom. The van der Waals surface area contributed by atoms with Crippen molar-refractivity contribution in [1.29, 1.82) is 0 Å². The number of rotatable bonds is 1. The predicted molar refractivity (Wildman–Crippen MR) is 64.4 cm³/mol. The van der Waals surface area contributed by atoms with Crippen molar-refractivity contribution in [2.45, 2.75) is 52.6 Å². The molecule has 0 saturated heterocycles. The summed E-state index contributed by atoms with van der Waals surface area (Å²) in [6.45, 7) is 9.69. The fourth-order valence-corrected chi connectivity index (χ4v) is 1.91. The number of alkyl halides is 3. The maximum Gasteiger partial charge on any atom is 0.393 e. The van der Waals surface area contributed by atoms with Gasteiger partial charge in [0.1, 0.15) is 0 Å². The molecule has 0 atom stereocenters. The van der Waals surface area contributed by atoms with Crippen LogP contribution in [0.25, 0.3) is 0 Å². The van der Waals surface area contributed by atoms with Crippen LogP contribution in [0.15, 0.2) is 12.1 Å². The van der Waals surface area contributed by atoms with E-state index in [9.17, 15) is 13.2 Å². The highest BCUT2D eigenvalue weighted by molar-refractivity contribution is 5.40. The molecule has 0 unspecified atom stereocenters. The van der Waals surface area contributed by atoms with Crippen LogP contribution in [0, 0.1) is 13.8 Å². The average molecular weight is 244 g/mol. The van der Waals surface area contributed by atoms with Crippen molar-refractivity contribution in [3.8, 4) is 0 Å². The van der Waals surface area contributed by atoms with E-state index in [1.165, 1.54) is 0 Å². The number of halogens is 3. The molecule has 0 aromatic heterocycles. The Hall–Kier alpha value is -0.990. The van der Waals surface area contributed by atoms with Gasteiger partial charge in [0, 0.05) is 0 Å². The molecule has 0 spiro atoms. The van der Waals surface area contributed by atoms with Crippen LogP contribution in [0.4, 0.5) is 13.2 Å². The third-order valence-electron chi connectivity index (χ3n) is 2.94. The third kappa shape index (κ3) is 3.76. The van der Waals surface area contributed by atoms with E-state index in [-0.39, 0.29) is 5.41 Å². The van der Waals surface area contributed by atoms with Crippen LogP contribution in [-0.2, 0) is 11.8 Å². The van der Waals surface area contributed by atoms with Gasteiger partial charge in [-0.05, 0) is 41.5 Å². The van der Waals surface area contributed by atoms with Gasteiger partial charge in [-0.15, -0.1) is 0 Å². The van der Waals surface area contributed by atoms with Gasteiger partial charge in [0.05, 0.1) is 6.42 Å². The van der Waals surface area contributed by atoms with Crippen molar-refractivity contribution < 1.29 is 13.2 Å². The number of hydrogen-bond acceptors (Lipinski definition) is 0. The molecule has 0 heterocycles. The maximum atomic E-state index is 12.4. The highest BCUT2D eigenvalue weighted by Crippen LogP contribution is 2.30. The Morgan fingerprint density at radius 3 is 1.65 bits per heavy atom. The summed E-state index contributed by atoms with van der Waals surface area (Å²) >= 11 is 0. The first-order chi connectivity index (χ1) is 7.50. The van der Waals surface area contributed by atoms with E-state index < -0.39 is 12.6 Å². The monoisotopic (exact) mass is 244 g/mol. The Balaban J connectivity index is 3.20. The molecular formula is C14H19F3. The van der Waals surface area contributed by atoms with Gasteiger partial charge in [0.2, 0.25) is 0 Å². The van der Waals surface area contributed by atoms with Crippen LogP contribution >= 0.6 is 0 Å². The van der Waals surface area contributed by atoms with E-state index >= 15 is 0 Å². The van der Waals surface area contributed by atoms with Gasteiger partial charge in [-0.1, -0.05) is 32.9 Å². The summed E-state index contributed by atoms with van der Waals surface area (Å²) in [4.78, 5) is 0. The molecule has 1 rings (SSSR count). The molecule has 0 bridgehead atoms. The first-order valence-electron chi connectivity index (χ1n) is 5.68. The Morgan fingerprint density at radius 1 is 0.941 bits per heavy atom. The molecule has 0 saturated carbocycles. The van der Waals surface area contributed by atoms with Crippen molar-refractivity contribution in [3.05, 3.63) is 34.4 Å². The lowest BCUT2D eigenvalue weighted by Crippen LogP contribution is -2.16. The van der Waals surface area contributed by atoms with Crippen LogP contribution in [0.5, 0.6) is 0 Å². The summed E-state index contributed by atoms with van der Waals surface area (Å²) in [5.41, 5.74) is 2.91. The second-order valence-corrected chi connectivity index (χ2v) is 5.63. The van der Waals surface area contributed by atoms with E-state index in [0.717, 1.165) is 16.7 Å². The van der Waals surface area contributed by atoms with E-state index in [0.29, 0.717) is 5.56 Å². The van der Waals surface area contributed by atoms with Crippen molar-refractivity contribution in [3.63, 3.8) is 0 Å². The van der Waals surface area contributed by atoms with Crippen LogP contribution in [-0.4, -0.2) is 6.18 Å². The van der Waals surface area contributed by atoms with Gasteiger partial charge in [-0.25, -0.2) is 0 Å². The summed E-state index contributed by atoms with van der Waals surface area (Å²) < 4.78 is 37.3. The number of benzene rings is 1. The van der Waals surface area contributed by atoms with Crippen LogP contribution in [0.1, 0.15) is 43.0 Å². The lowest BCUT2D eigenvalue weighted by Gasteiger charge is -2.22. The van der Waals surface area contributed by atoms with Crippen LogP contribution in [0.2, 0.25) is 0 Å². The molecule has 0 amide bonds. The molecule has 1 aromatic carbocycles. The zero-order valence-corrected chi connectivity index (χ0v) is 11.0. The van der Waals surface area contributed by atoms with E-state index in [1.54, 1.807) is 13.8 Å². The second-order valence-electron chi connectivity index (χ2n) is 5.63. The molecule has 0 N–H and O–H groups in total. The first kappa shape index (κ1) is 14.1. The first-order valence-corrected chi connectivity index (χ1v) is 5.68. The molecule has 0 nitrogen and oxygen atoms in total. The Bertz CT molecular complexity index is 385. The minimum atomic E-state index is -4.14. The molecule has 17 heavy (non-hydrogen) atoms. The van der Waals surface area contributed by atoms with Gasteiger partial charge < -0.3 is 0 Å². The molecule has 0 fully saturated rings.